The molecule has 222 valence electrons. The second-order valence-corrected chi connectivity index (χ2v) is 11.5. The molecule has 1 saturated heterocycles. The molecule has 2 aromatic carbocycles. The Morgan fingerprint density at radius 1 is 1.00 bits per heavy atom. The minimum absolute atomic E-state index is 0.0225. The zero-order chi connectivity index (χ0) is 29.8. The number of carbonyl (C=O) groups excluding carboxylic acids is 2. The van der Waals surface area contributed by atoms with Gasteiger partial charge in [-0.1, -0.05) is 25.0 Å². The molecule has 8 heteroatoms. The molecular weight excluding hydrogens is 528 g/mol. The number of aryl methyl sites for hydroxylation is 2. The second-order valence-electron chi connectivity index (χ2n) is 11.5. The van der Waals surface area contributed by atoms with Gasteiger partial charge in [0.25, 0.3) is 11.5 Å². The number of H-pyrrole nitrogens is 1. The molecule has 1 aliphatic heterocycles. The van der Waals surface area contributed by atoms with Gasteiger partial charge in [0.1, 0.15) is 0 Å². The Labute approximate surface area is 248 Å². The molecule has 2 fully saturated rings. The normalized spacial score (nSPS) is 15.6. The molecule has 0 radical (unpaired) electrons. The van der Waals surface area contributed by atoms with Crippen molar-refractivity contribution in [3.05, 3.63) is 80.8 Å². The van der Waals surface area contributed by atoms with E-state index in [0.29, 0.717) is 17.7 Å². The third-order valence-corrected chi connectivity index (χ3v) is 8.70. The molecule has 1 saturated carbocycles. The van der Waals surface area contributed by atoms with E-state index < -0.39 is 0 Å². The lowest BCUT2D eigenvalue weighted by Crippen LogP contribution is -2.36. The first-order chi connectivity index (χ1) is 20.3. The van der Waals surface area contributed by atoms with E-state index in [2.05, 4.69) is 39.5 Å². The number of ether oxygens (including phenoxy) is 1. The lowest BCUT2D eigenvalue weighted by atomic mass is 9.95. The van der Waals surface area contributed by atoms with Gasteiger partial charge in [-0.05, 0) is 93.1 Å². The molecule has 2 amide bonds. The number of benzene rings is 2. The van der Waals surface area contributed by atoms with Crippen molar-refractivity contribution < 1.29 is 14.3 Å². The maximum atomic E-state index is 13.7. The molecule has 42 heavy (non-hydrogen) atoms. The first-order valence-corrected chi connectivity index (χ1v) is 15.1. The van der Waals surface area contributed by atoms with Crippen LogP contribution in [-0.2, 0) is 16.1 Å². The van der Waals surface area contributed by atoms with Crippen molar-refractivity contribution in [1.29, 1.82) is 0 Å². The van der Waals surface area contributed by atoms with Crippen molar-refractivity contribution in [2.75, 3.05) is 42.6 Å². The minimum atomic E-state index is -0.274. The monoisotopic (exact) mass is 570 g/mol. The second kappa shape index (κ2) is 12.9. The molecule has 1 aromatic heterocycles. The highest BCUT2D eigenvalue weighted by Gasteiger charge is 2.29. The first kappa shape index (κ1) is 29.6. The molecule has 8 nitrogen and oxygen atoms in total. The topological polar surface area (TPSA) is 94.7 Å². The van der Waals surface area contributed by atoms with Crippen molar-refractivity contribution in [3.8, 4) is 11.1 Å². The summed E-state index contributed by atoms with van der Waals surface area (Å²) in [6.07, 6.45) is 3.98. The first-order valence-electron chi connectivity index (χ1n) is 15.1. The number of hydrogen-bond donors (Lipinski definition) is 2. The van der Waals surface area contributed by atoms with E-state index >= 15 is 0 Å². The maximum absolute atomic E-state index is 13.7. The molecule has 1 aliphatic carbocycles. The quantitative estimate of drug-likeness (QED) is 0.385. The Bertz CT molecular complexity index is 1500. The van der Waals surface area contributed by atoms with Gasteiger partial charge >= 0.3 is 0 Å². The van der Waals surface area contributed by atoms with Crippen LogP contribution in [0.15, 0.2) is 47.3 Å². The van der Waals surface area contributed by atoms with Crippen LogP contribution in [0.3, 0.4) is 0 Å². The number of anilines is 2. The number of carbonyl (C=O) groups is 2. The molecule has 2 aliphatic rings. The van der Waals surface area contributed by atoms with Crippen molar-refractivity contribution in [2.24, 2.45) is 5.92 Å². The van der Waals surface area contributed by atoms with Gasteiger partial charge in [0.15, 0.2) is 0 Å². The fourth-order valence-corrected chi connectivity index (χ4v) is 6.27. The van der Waals surface area contributed by atoms with Crippen LogP contribution in [0, 0.1) is 26.7 Å². The van der Waals surface area contributed by atoms with Crippen LogP contribution in [0.1, 0.15) is 65.3 Å². The van der Waals surface area contributed by atoms with E-state index in [1.807, 2.05) is 50.8 Å². The molecule has 0 spiro atoms. The van der Waals surface area contributed by atoms with Gasteiger partial charge in [-0.3, -0.25) is 14.4 Å². The van der Waals surface area contributed by atoms with Crippen LogP contribution < -0.4 is 20.7 Å². The number of nitrogens with zero attached hydrogens (tertiary/aromatic N) is 2. The van der Waals surface area contributed by atoms with Crippen LogP contribution in [0.5, 0.6) is 0 Å². The number of nitrogens with one attached hydrogen (secondary N) is 2. The largest absolute Gasteiger partial charge is 0.378 e. The number of pyridine rings is 1. The lowest BCUT2D eigenvalue weighted by molar-refractivity contribution is -0.122. The van der Waals surface area contributed by atoms with Gasteiger partial charge in [0.2, 0.25) is 5.91 Å². The summed E-state index contributed by atoms with van der Waals surface area (Å²) in [6, 6.07) is 14.2. The third kappa shape index (κ3) is 6.28. The van der Waals surface area contributed by atoms with Crippen LogP contribution in [0.2, 0.25) is 0 Å². The average Bonchev–Trinajstić information content (AvgIpc) is 3.53. The number of aromatic amines is 1. The Morgan fingerprint density at radius 3 is 2.33 bits per heavy atom. The van der Waals surface area contributed by atoms with Crippen molar-refractivity contribution in [2.45, 2.75) is 59.9 Å². The summed E-state index contributed by atoms with van der Waals surface area (Å²) in [5.41, 5.74) is 6.95. The molecule has 0 unspecified atom stereocenters. The summed E-state index contributed by atoms with van der Waals surface area (Å²) in [6.45, 7) is 11.4. The summed E-state index contributed by atoms with van der Waals surface area (Å²) in [5.74, 6) is -0.121. The highest BCUT2D eigenvalue weighted by atomic mass is 16.5. The number of morpholine rings is 1. The van der Waals surface area contributed by atoms with E-state index in [1.54, 1.807) is 0 Å². The summed E-state index contributed by atoms with van der Waals surface area (Å²) in [4.78, 5) is 46.9. The standard InChI is InChI=1S/C34H42N4O4/c1-5-38(34(41)26-8-6-7-9-26)31-20-27(25-10-12-28(13-11-25)37-14-16-42-17-15-37)19-29(24(31)4)32(39)35-21-30-22(2)18-23(3)36-33(30)40/h10-13,18-20,26H,5-9,14-17,21H2,1-4H3,(H,35,39)(H,36,40). The third-order valence-electron chi connectivity index (χ3n) is 8.70. The molecule has 2 N–H and O–H groups in total. The molecule has 3 aromatic rings. The van der Waals surface area contributed by atoms with Gasteiger partial charge in [0.05, 0.1) is 13.2 Å². The predicted octanol–water partition coefficient (Wildman–Crippen LogP) is 5.28. The van der Waals surface area contributed by atoms with Crippen LogP contribution in [-0.4, -0.2) is 49.6 Å². The van der Waals surface area contributed by atoms with E-state index in [0.717, 1.165) is 91.3 Å². The van der Waals surface area contributed by atoms with Gasteiger partial charge in [0, 0.05) is 60.3 Å². The molecule has 0 atom stereocenters. The van der Waals surface area contributed by atoms with E-state index in [1.165, 1.54) is 0 Å². The predicted molar refractivity (Wildman–Crippen MR) is 167 cm³/mol. The fourth-order valence-electron chi connectivity index (χ4n) is 6.27. The molecule has 2 heterocycles. The van der Waals surface area contributed by atoms with E-state index in [4.69, 9.17) is 4.74 Å². The van der Waals surface area contributed by atoms with E-state index in [-0.39, 0.29) is 29.8 Å². The lowest BCUT2D eigenvalue weighted by Gasteiger charge is -2.29. The minimum Gasteiger partial charge on any atom is -0.378 e. The number of rotatable bonds is 8. The van der Waals surface area contributed by atoms with Gasteiger partial charge in [-0.2, -0.15) is 0 Å². The van der Waals surface area contributed by atoms with Crippen molar-refractivity contribution >= 4 is 23.2 Å². The van der Waals surface area contributed by atoms with Crippen LogP contribution in [0.25, 0.3) is 11.1 Å². The number of aromatic nitrogens is 1. The molecule has 5 rings (SSSR count). The SMILES string of the molecule is CCN(C(=O)C1CCCC1)c1cc(-c2ccc(N3CCOCC3)cc2)cc(C(=O)NCc2c(C)cc(C)[nH]c2=O)c1C. The Morgan fingerprint density at radius 2 is 1.69 bits per heavy atom. The van der Waals surface area contributed by atoms with Gasteiger partial charge < -0.3 is 24.8 Å². The highest BCUT2D eigenvalue weighted by Crippen LogP contribution is 2.35. The maximum Gasteiger partial charge on any atom is 0.253 e. The zero-order valence-electron chi connectivity index (χ0n) is 25.2. The van der Waals surface area contributed by atoms with Gasteiger partial charge in [-0.15, -0.1) is 0 Å². The van der Waals surface area contributed by atoms with E-state index in [9.17, 15) is 14.4 Å². The number of hydrogen-bond acceptors (Lipinski definition) is 5. The number of amides is 2. The fraction of sp³-hybridized carbons (Fsp3) is 0.441. The molecular formula is C34H42N4O4. The highest BCUT2D eigenvalue weighted by molar-refractivity contribution is 6.02. The summed E-state index contributed by atoms with van der Waals surface area (Å²) < 4.78 is 5.50. The average molecular weight is 571 g/mol. The Balaban J connectivity index is 1.50. The molecule has 0 bridgehead atoms. The smallest absolute Gasteiger partial charge is 0.253 e. The Kier molecular flexibility index (Phi) is 9.12. The van der Waals surface area contributed by atoms with Crippen molar-refractivity contribution in [1.82, 2.24) is 10.3 Å². The zero-order valence-corrected chi connectivity index (χ0v) is 25.2. The van der Waals surface area contributed by atoms with Crippen molar-refractivity contribution in [3.63, 3.8) is 0 Å². The van der Waals surface area contributed by atoms with Crippen LogP contribution in [0.4, 0.5) is 11.4 Å². The summed E-state index contributed by atoms with van der Waals surface area (Å²) in [5, 5.41) is 2.98. The summed E-state index contributed by atoms with van der Waals surface area (Å²) in [7, 11) is 0. The Hall–Kier alpha value is -3.91. The van der Waals surface area contributed by atoms with Gasteiger partial charge in [-0.25, -0.2) is 0 Å². The van der Waals surface area contributed by atoms with Crippen LogP contribution >= 0.6 is 0 Å². The summed E-state index contributed by atoms with van der Waals surface area (Å²) >= 11 is 0.